The van der Waals surface area contributed by atoms with E-state index in [1.807, 2.05) is 0 Å². The molecule has 2 bridgehead atoms. The third-order valence-electron chi connectivity index (χ3n) is 8.14. The molecule has 1 aromatic rings. The van der Waals surface area contributed by atoms with Crippen molar-refractivity contribution in [1.29, 1.82) is 0 Å². The van der Waals surface area contributed by atoms with Gasteiger partial charge in [0.1, 0.15) is 17.3 Å². The molecule has 4 rings (SSSR count). The minimum absolute atomic E-state index is 0.0306. The molecule has 0 amide bonds. The molecule has 1 unspecified atom stereocenters. The van der Waals surface area contributed by atoms with Crippen LogP contribution < -0.4 is 4.74 Å². The van der Waals surface area contributed by atoms with Crippen LogP contribution in [0.1, 0.15) is 96.6 Å². The number of Topliss-reactive ketones (excluding diaryl/α,β-unsaturated/α-hetero) is 1. The van der Waals surface area contributed by atoms with Crippen molar-refractivity contribution in [1.82, 2.24) is 0 Å². The Morgan fingerprint density at radius 2 is 1.88 bits per heavy atom. The van der Waals surface area contributed by atoms with Gasteiger partial charge in [0.2, 0.25) is 0 Å². The van der Waals surface area contributed by atoms with Crippen molar-refractivity contribution in [2.24, 2.45) is 17.3 Å². The summed E-state index contributed by atoms with van der Waals surface area (Å²) >= 11 is 0. The van der Waals surface area contributed by atoms with E-state index in [0.29, 0.717) is 12.0 Å². The van der Waals surface area contributed by atoms with Crippen molar-refractivity contribution in [3.63, 3.8) is 0 Å². The summed E-state index contributed by atoms with van der Waals surface area (Å²) in [7, 11) is 0. The number of esters is 1. The van der Waals surface area contributed by atoms with Crippen LogP contribution in [0.4, 0.5) is 0 Å². The lowest BCUT2D eigenvalue weighted by Crippen LogP contribution is -2.56. The minimum Gasteiger partial charge on any atom is -0.508 e. The number of phenols is 1. The standard InChI is InChI=1S/C28H38O6/c1-6-7-8-9-12-27(2,3)17-13-22(30)26(23(14-17)34-25(33)11-10-24(31)32)18-15-21(29)20-16-19(18)28(20,4)5/h10-11,13-14,18-20,30H,6-9,12,15-16H2,1-5H3,(H,31,32)/b11-10+/t18?,19-,20+/m1/s1. The van der Waals surface area contributed by atoms with Crippen LogP contribution in [-0.4, -0.2) is 27.9 Å². The molecule has 3 fully saturated rings. The zero-order chi connectivity index (χ0) is 25.3. The number of phenolic OH excluding ortho intramolecular Hbond substituents is 1. The first-order chi connectivity index (χ1) is 15.9. The van der Waals surface area contributed by atoms with E-state index in [-0.39, 0.29) is 45.9 Å². The summed E-state index contributed by atoms with van der Waals surface area (Å²) in [6, 6.07) is 3.55. The smallest absolute Gasteiger partial charge is 0.336 e. The average molecular weight is 471 g/mol. The van der Waals surface area contributed by atoms with Crippen molar-refractivity contribution in [2.75, 3.05) is 0 Å². The van der Waals surface area contributed by atoms with Crippen LogP contribution in [0.25, 0.3) is 0 Å². The van der Waals surface area contributed by atoms with Gasteiger partial charge in [0.15, 0.2) is 0 Å². The molecule has 6 nitrogen and oxygen atoms in total. The van der Waals surface area contributed by atoms with Gasteiger partial charge in [0, 0.05) is 36.0 Å². The van der Waals surface area contributed by atoms with Crippen LogP contribution >= 0.6 is 0 Å². The number of ketones is 1. The van der Waals surface area contributed by atoms with E-state index in [2.05, 4.69) is 34.6 Å². The summed E-state index contributed by atoms with van der Waals surface area (Å²) < 4.78 is 5.62. The minimum atomic E-state index is -1.25. The third kappa shape index (κ3) is 5.21. The molecule has 186 valence electrons. The van der Waals surface area contributed by atoms with Gasteiger partial charge in [0.25, 0.3) is 0 Å². The van der Waals surface area contributed by atoms with E-state index in [0.717, 1.165) is 49.8 Å². The number of aromatic hydroxyl groups is 1. The SMILES string of the molecule is CCCCCCC(C)(C)c1cc(O)c(C2CC(=O)[C@@H]3C[C@H]2C3(C)C)c(OC(=O)/C=C/C(=O)O)c1. The Morgan fingerprint density at radius 1 is 1.18 bits per heavy atom. The highest BCUT2D eigenvalue weighted by Gasteiger charge is 2.59. The molecule has 6 heteroatoms. The van der Waals surface area contributed by atoms with Crippen molar-refractivity contribution in [2.45, 2.75) is 90.9 Å². The molecule has 0 aromatic heterocycles. The second kappa shape index (κ2) is 9.93. The normalized spacial score (nSPS) is 23.6. The fraction of sp³-hybridized carbons (Fsp3) is 0.607. The van der Waals surface area contributed by atoms with Gasteiger partial charge in [-0.05, 0) is 47.3 Å². The molecule has 1 aromatic carbocycles. The summed E-state index contributed by atoms with van der Waals surface area (Å²) in [4.78, 5) is 36.1. The molecule has 0 heterocycles. The van der Waals surface area contributed by atoms with Crippen LogP contribution in [0.2, 0.25) is 0 Å². The van der Waals surface area contributed by atoms with Crippen LogP contribution in [0, 0.1) is 17.3 Å². The number of unbranched alkanes of at least 4 members (excludes halogenated alkanes) is 3. The number of hydrogen-bond acceptors (Lipinski definition) is 5. The van der Waals surface area contributed by atoms with Gasteiger partial charge >= 0.3 is 11.9 Å². The van der Waals surface area contributed by atoms with Crippen LogP contribution in [0.15, 0.2) is 24.3 Å². The summed E-state index contributed by atoms with van der Waals surface area (Å²) in [5.41, 5.74) is 0.898. The van der Waals surface area contributed by atoms with Crippen molar-refractivity contribution < 1.29 is 29.3 Å². The summed E-state index contributed by atoms with van der Waals surface area (Å²) in [5, 5.41) is 20.1. The average Bonchev–Trinajstić information content (AvgIpc) is 2.74. The third-order valence-corrected chi connectivity index (χ3v) is 8.14. The second-order valence-corrected chi connectivity index (χ2v) is 11.2. The number of benzene rings is 1. The van der Waals surface area contributed by atoms with Crippen molar-refractivity contribution in [3.8, 4) is 11.5 Å². The Morgan fingerprint density at radius 3 is 2.47 bits per heavy atom. The lowest BCUT2D eigenvalue weighted by molar-refractivity contribution is -0.151. The first kappa shape index (κ1) is 26.0. The van der Waals surface area contributed by atoms with E-state index in [9.17, 15) is 19.5 Å². The zero-order valence-corrected chi connectivity index (χ0v) is 21.0. The summed E-state index contributed by atoms with van der Waals surface area (Å²) in [6.45, 7) is 10.5. The second-order valence-electron chi connectivity index (χ2n) is 11.2. The predicted molar refractivity (Wildman–Crippen MR) is 130 cm³/mol. The number of ether oxygens (including phenoxy) is 1. The highest BCUT2D eigenvalue weighted by atomic mass is 16.5. The number of carbonyl (C=O) groups excluding carboxylic acids is 2. The van der Waals surface area contributed by atoms with Crippen molar-refractivity contribution >= 4 is 17.7 Å². The Balaban J connectivity index is 2.00. The zero-order valence-electron chi connectivity index (χ0n) is 21.0. The number of carboxylic acids is 1. The molecule has 0 spiro atoms. The number of rotatable bonds is 10. The predicted octanol–water partition coefficient (Wildman–Crippen LogP) is 5.91. The van der Waals surface area contributed by atoms with Gasteiger partial charge < -0.3 is 14.9 Å². The van der Waals surface area contributed by atoms with E-state index in [1.165, 1.54) is 6.42 Å². The Kier molecular flexibility index (Phi) is 7.59. The first-order valence-electron chi connectivity index (χ1n) is 12.4. The fourth-order valence-corrected chi connectivity index (χ4v) is 5.87. The number of aliphatic carboxylic acids is 1. The van der Waals surface area contributed by atoms with Crippen LogP contribution in [0.5, 0.6) is 11.5 Å². The number of fused-ring (bicyclic) bond motifs is 2. The van der Waals surface area contributed by atoms with Gasteiger partial charge in [-0.1, -0.05) is 60.3 Å². The molecule has 34 heavy (non-hydrogen) atoms. The van der Waals surface area contributed by atoms with E-state index in [4.69, 9.17) is 9.84 Å². The maximum Gasteiger partial charge on any atom is 0.336 e. The fourth-order valence-electron chi connectivity index (χ4n) is 5.87. The van der Waals surface area contributed by atoms with Gasteiger partial charge in [0.05, 0.1) is 0 Å². The number of carbonyl (C=O) groups is 3. The Hall–Kier alpha value is -2.63. The van der Waals surface area contributed by atoms with Gasteiger partial charge in [-0.2, -0.15) is 0 Å². The number of carboxylic acid groups (broad SMARTS) is 1. The van der Waals surface area contributed by atoms with E-state index >= 15 is 0 Å². The summed E-state index contributed by atoms with van der Waals surface area (Å²) in [6.07, 6.45) is 8.09. The first-order valence-corrected chi connectivity index (χ1v) is 12.4. The van der Waals surface area contributed by atoms with E-state index in [1.54, 1.807) is 12.1 Å². The molecule has 3 aliphatic rings. The molecule has 0 saturated heterocycles. The lowest BCUT2D eigenvalue weighted by Gasteiger charge is -2.59. The van der Waals surface area contributed by atoms with Crippen LogP contribution in [-0.2, 0) is 19.8 Å². The highest BCUT2D eigenvalue weighted by molar-refractivity contribution is 5.92. The molecule has 0 radical (unpaired) electrons. The molecule has 3 atom stereocenters. The highest BCUT2D eigenvalue weighted by Crippen LogP contribution is 2.64. The molecule has 0 aliphatic heterocycles. The topological polar surface area (TPSA) is 101 Å². The van der Waals surface area contributed by atoms with E-state index < -0.39 is 11.9 Å². The maximum atomic E-state index is 12.8. The quantitative estimate of drug-likeness (QED) is 0.191. The van der Waals surface area contributed by atoms with Gasteiger partial charge in [-0.25, -0.2) is 9.59 Å². The summed E-state index contributed by atoms with van der Waals surface area (Å²) in [5.74, 6) is -1.65. The van der Waals surface area contributed by atoms with Crippen molar-refractivity contribution in [3.05, 3.63) is 35.4 Å². The molecular weight excluding hydrogens is 432 g/mol. The Bertz CT molecular complexity index is 987. The van der Waals surface area contributed by atoms with Gasteiger partial charge in [-0.15, -0.1) is 0 Å². The van der Waals surface area contributed by atoms with Crippen LogP contribution in [0.3, 0.4) is 0 Å². The lowest BCUT2D eigenvalue weighted by atomic mass is 9.44. The molecule has 3 saturated carbocycles. The van der Waals surface area contributed by atoms with Gasteiger partial charge in [-0.3, -0.25) is 4.79 Å². The Labute approximate surface area is 202 Å². The molecule has 3 aliphatic carbocycles. The molecule has 2 N–H and O–H groups in total. The maximum absolute atomic E-state index is 12.8. The largest absolute Gasteiger partial charge is 0.508 e. The molecular formula is C28H38O6. The number of hydrogen-bond donors (Lipinski definition) is 2. The monoisotopic (exact) mass is 470 g/mol.